The molecule has 1 aliphatic heterocycles. The van der Waals surface area contributed by atoms with E-state index in [1.54, 1.807) is 67.6 Å². The largest absolute Gasteiger partial charge is 0.573 e. The van der Waals surface area contributed by atoms with E-state index in [0.29, 0.717) is 11.4 Å². The van der Waals surface area contributed by atoms with Crippen LogP contribution in [0.5, 0.6) is 5.75 Å². The maximum atomic E-state index is 13.5. The third kappa shape index (κ3) is 3.70. The summed E-state index contributed by atoms with van der Waals surface area (Å²) in [7, 11) is 0. The van der Waals surface area contributed by atoms with Crippen LogP contribution in [0.4, 0.5) is 29.3 Å². The normalized spacial score (nSPS) is 21.5. The van der Waals surface area contributed by atoms with Crippen molar-refractivity contribution in [2.45, 2.75) is 25.1 Å². The van der Waals surface area contributed by atoms with E-state index in [1.165, 1.54) is 21.9 Å². The van der Waals surface area contributed by atoms with Gasteiger partial charge >= 0.3 is 12.4 Å². The maximum Gasteiger partial charge on any atom is 0.573 e. The molecule has 4 rings (SSSR count). The van der Waals surface area contributed by atoms with Gasteiger partial charge in [-0.25, -0.2) is 4.79 Å². The molecular weight excluding hydrogens is 409 g/mol. The first kappa shape index (κ1) is 20.7. The minimum absolute atomic E-state index is 0.0948. The molecule has 0 radical (unpaired) electrons. The Morgan fingerprint density at radius 1 is 0.903 bits per heavy atom. The summed E-state index contributed by atoms with van der Waals surface area (Å²) < 4.78 is 42.3. The Labute approximate surface area is 176 Å². The van der Waals surface area contributed by atoms with Gasteiger partial charge in [-0.15, -0.1) is 13.2 Å². The van der Waals surface area contributed by atoms with Crippen molar-refractivity contribution < 1.29 is 27.8 Å². The molecule has 0 aliphatic carbocycles. The van der Waals surface area contributed by atoms with Crippen LogP contribution in [0.25, 0.3) is 0 Å². The first-order valence-corrected chi connectivity index (χ1v) is 9.54. The Kier molecular flexibility index (Phi) is 5.10. The van der Waals surface area contributed by atoms with Gasteiger partial charge in [0.2, 0.25) is 0 Å². The monoisotopic (exact) mass is 428 g/mol. The summed E-state index contributed by atoms with van der Waals surface area (Å²) in [6.07, 6.45) is -4.88. The second-order valence-electron chi connectivity index (χ2n) is 7.14. The van der Waals surface area contributed by atoms with Gasteiger partial charge in [-0.3, -0.25) is 9.80 Å². The molecule has 160 valence electrons. The smallest absolute Gasteiger partial charge is 0.406 e. The summed E-state index contributed by atoms with van der Waals surface area (Å²) in [6.45, 7) is 1.64. The molecule has 3 aromatic rings. The topological polar surface area (TPSA) is 53.0 Å². The van der Waals surface area contributed by atoms with Crippen LogP contribution in [0.15, 0.2) is 84.9 Å². The van der Waals surface area contributed by atoms with Crippen LogP contribution < -0.4 is 14.5 Å². The summed E-state index contributed by atoms with van der Waals surface area (Å²) >= 11 is 0. The molecule has 0 bridgehead atoms. The van der Waals surface area contributed by atoms with Crippen molar-refractivity contribution in [2.24, 2.45) is 0 Å². The fourth-order valence-corrected chi connectivity index (χ4v) is 3.89. The number of para-hydroxylation sites is 2. The SMILES string of the molecule is C[C@@H]1N(c2ccccc2)C(=O)N(c2ccccc2)C1(O)c1cccc(OC(F)(F)F)c1. The lowest BCUT2D eigenvalue weighted by Gasteiger charge is -2.35. The van der Waals surface area contributed by atoms with Crippen molar-refractivity contribution in [3.05, 3.63) is 90.5 Å². The molecule has 1 fully saturated rings. The number of halogens is 3. The average molecular weight is 428 g/mol. The zero-order chi connectivity index (χ0) is 22.2. The van der Waals surface area contributed by atoms with Crippen molar-refractivity contribution in [3.8, 4) is 5.75 Å². The van der Waals surface area contributed by atoms with Crippen LogP contribution >= 0.6 is 0 Å². The van der Waals surface area contributed by atoms with Crippen LogP contribution in [-0.2, 0) is 5.72 Å². The Hall–Kier alpha value is -3.52. The van der Waals surface area contributed by atoms with Crippen molar-refractivity contribution in [3.63, 3.8) is 0 Å². The molecule has 0 aromatic heterocycles. The van der Waals surface area contributed by atoms with E-state index in [0.717, 1.165) is 12.1 Å². The molecule has 0 spiro atoms. The molecule has 1 N–H and O–H groups in total. The lowest BCUT2D eigenvalue weighted by Crippen LogP contribution is -2.48. The van der Waals surface area contributed by atoms with E-state index in [-0.39, 0.29) is 5.56 Å². The number of alkyl halides is 3. The van der Waals surface area contributed by atoms with E-state index in [2.05, 4.69) is 4.74 Å². The molecular formula is C23H19F3N2O3. The average Bonchev–Trinajstić information content (AvgIpc) is 2.94. The minimum Gasteiger partial charge on any atom is -0.406 e. The van der Waals surface area contributed by atoms with Crippen LogP contribution in [0.2, 0.25) is 0 Å². The van der Waals surface area contributed by atoms with Gasteiger partial charge in [0, 0.05) is 16.9 Å². The number of anilines is 2. The van der Waals surface area contributed by atoms with Gasteiger partial charge in [-0.2, -0.15) is 0 Å². The van der Waals surface area contributed by atoms with Crippen LogP contribution in [0, 0.1) is 0 Å². The maximum absolute atomic E-state index is 13.5. The number of ether oxygens (including phenoxy) is 1. The molecule has 0 saturated carbocycles. The lowest BCUT2D eigenvalue weighted by atomic mass is 9.94. The van der Waals surface area contributed by atoms with Gasteiger partial charge in [0.15, 0.2) is 5.72 Å². The van der Waals surface area contributed by atoms with Crippen molar-refractivity contribution in [2.75, 3.05) is 9.80 Å². The zero-order valence-corrected chi connectivity index (χ0v) is 16.5. The van der Waals surface area contributed by atoms with Crippen LogP contribution in [0.1, 0.15) is 12.5 Å². The molecule has 2 amide bonds. The molecule has 8 heteroatoms. The molecule has 5 nitrogen and oxygen atoms in total. The van der Waals surface area contributed by atoms with Gasteiger partial charge in [-0.1, -0.05) is 48.5 Å². The Morgan fingerprint density at radius 2 is 1.48 bits per heavy atom. The molecule has 3 aromatic carbocycles. The fraction of sp³-hybridized carbons (Fsp3) is 0.174. The highest BCUT2D eigenvalue weighted by Gasteiger charge is 2.57. The lowest BCUT2D eigenvalue weighted by molar-refractivity contribution is -0.274. The molecule has 31 heavy (non-hydrogen) atoms. The third-order valence-electron chi connectivity index (χ3n) is 5.25. The highest BCUT2D eigenvalue weighted by molar-refractivity contribution is 6.08. The predicted molar refractivity (Wildman–Crippen MR) is 110 cm³/mol. The second-order valence-corrected chi connectivity index (χ2v) is 7.14. The van der Waals surface area contributed by atoms with Crippen molar-refractivity contribution in [1.82, 2.24) is 0 Å². The van der Waals surface area contributed by atoms with E-state index in [4.69, 9.17) is 0 Å². The third-order valence-corrected chi connectivity index (χ3v) is 5.25. The van der Waals surface area contributed by atoms with E-state index >= 15 is 0 Å². The molecule has 1 saturated heterocycles. The summed E-state index contributed by atoms with van der Waals surface area (Å²) in [4.78, 5) is 16.1. The number of benzene rings is 3. The summed E-state index contributed by atoms with van der Waals surface area (Å²) in [5, 5.41) is 11.9. The summed E-state index contributed by atoms with van der Waals surface area (Å²) in [5.74, 6) is -0.482. The Bertz CT molecular complexity index is 1080. The number of nitrogens with zero attached hydrogens (tertiary/aromatic N) is 2. The van der Waals surface area contributed by atoms with E-state index < -0.39 is 29.9 Å². The summed E-state index contributed by atoms with van der Waals surface area (Å²) in [5.41, 5.74) is -0.904. The molecule has 2 atom stereocenters. The Morgan fingerprint density at radius 3 is 2.06 bits per heavy atom. The quantitative estimate of drug-likeness (QED) is 0.616. The summed E-state index contributed by atoms with van der Waals surface area (Å²) in [6, 6.07) is 21.0. The molecule has 1 unspecified atom stereocenters. The number of carbonyl (C=O) groups is 1. The minimum atomic E-state index is -4.88. The number of amides is 2. The molecule has 1 heterocycles. The van der Waals surface area contributed by atoms with Crippen LogP contribution in [0.3, 0.4) is 0 Å². The second kappa shape index (κ2) is 7.63. The number of rotatable bonds is 4. The van der Waals surface area contributed by atoms with Crippen molar-refractivity contribution in [1.29, 1.82) is 0 Å². The number of aliphatic hydroxyl groups is 1. The van der Waals surface area contributed by atoms with Crippen molar-refractivity contribution >= 4 is 17.4 Å². The van der Waals surface area contributed by atoms with Gasteiger partial charge in [0.1, 0.15) is 5.75 Å². The van der Waals surface area contributed by atoms with E-state index in [9.17, 15) is 23.1 Å². The van der Waals surface area contributed by atoms with Crippen LogP contribution in [-0.4, -0.2) is 23.5 Å². The van der Waals surface area contributed by atoms with Gasteiger partial charge < -0.3 is 9.84 Å². The predicted octanol–water partition coefficient (Wildman–Crippen LogP) is 5.27. The first-order valence-electron chi connectivity index (χ1n) is 9.54. The van der Waals surface area contributed by atoms with Gasteiger partial charge in [-0.05, 0) is 43.3 Å². The van der Waals surface area contributed by atoms with E-state index in [1.807, 2.05) is 0 Å². The number of hydrogen-bond acceptors (Lipinski definition) is 3. The standard InChI is InChI=1S/C23H19F3N2O3/c1-16-22(30,17-9-8-14-20(15-17)31-23(24,25)26)28(19-12-6-3-7-13-19)21(29)27(16)18-10-4-2-5-11-18/h2-16,30H,1H3/t16-,22?/m0/s1. The highest BCUT2D eigenvalue weighted by Crippen LogP contribution is 2.45. The van der Waals surface area contributed by atoms with Gasteiger partial charge in [0.05, 0.1) is 6.04 Å². The number of hydrogen-bond donors (Lipinski definition) is 1. The molecule has 1 aliphatic rings. The highest BCUT2D eigenvalue weighted by atomic mass is 19.4. The van der Waals surface area contributed by atoms with Gasteiger partial charge in [0.25, 0.3) is 0 Å². The Balaban J connectivity index is 1.86. The number of urea groups is 1. The number of carbonyl (C=O) groups excluding carboxylic acids is 1. The first-order chi connectivity index (χ1) is 14.7. The fourth-order valence-electron chi connectivity index (χ4n) is 3.89. The zero-order valence-electron chi connectivity index (χ0n) is 16.5.